The Bertz CT molecular complexity index is 566. The molecule has 0 atom stereocenters. The highest BCUT2D eigenvalue weighted by Gasteiger charge is 2.48. The first-order valence-electron chi connectivity index (χ1n) is 5.41. The van der Waals surface area contributed by atoms with E-state index < -0.39 is 17.6 Å². The lowest BCUT2D eigenvalue weighted by molar-refractivity contribution is 0.0763. The van der Waals surface area contributed by atoms with Gasteiger partial charge in [0, 0.05) is 5.69 Å². The fourth-order valence-corrected chi connectivity index (χ4v) is 2.32. The molecule has 2 heterocycles. The third kappa shape index (κ3) is 1.40. The Morgan fingerprint density at radius 1 is 1.56 bits per heavy atom. The van der Waals surface area contributed by atoms with Gasteiger partial charge in [-0.25, -0.2) is 14.2 Å². The first-order chi connectivity index (χ1) is 8.51. The van der Waals surface area contributed by atoms with Crippen LogP contribution in [0.2, 0.25) is 0 Å². The highest BCUT2D eigenvalue weighted by molar-refractivity contribution is 6.04. The number of nitrogens with zero attached hydrogens (tertiary/aromatic N) is 2. The maximum absolute atomic E-state index is 13.6. The van der Waals surface area contributed by atoms with E-state index in [0.717, 1.165) is 0 Å². The number of anilines is 1. The first kappa shape index (κ1) is 10.8. The van der Waals surface area contributed by atoms with Gasteiger partial charge in [-0.3, -0.25) is 4.90 Å². The zero-order valence-electron chi connectivity index (χ0n) is 9.35. The fourth-order valence-electron chi connectivity index (χ4n) is 2.32. The van der Waals surface area contributed by atoms with Crippen LogP contribution in [0.25, 0.3) is 0 Å². The molecule has 0 aliphatic carbocycles. The second kappa shape index (κ2) is 3.34. The Kier molecular flexibility index (Phi) is 2.01. The number of benzene rings is 1. The number of amidine groups is 1. The monoisotopic (exact) mass is 250 g/mol. The predicted molar refractivity (Wildman–Crippen MR) is 63.1 cm³/mol. The van der Waals surface area contributed by atoms with Gasteiger partial charge in [0.25, 0.3) is 0 Å². The van der Waals surface area contributed by atoms with Gasteiger partial charge in [-0.15, -0.1) is 0 Å². The summed E-state index contributed by atoms with van der Waals surface area (Å²) in [6.07, 6.45) is -0.999. The molecule has 94 valence electrons. The number of aliphatic imine (C=N–C) groups is 1. The van der Waals surface area contributed by atoms with Crippen molar-refractivity contribution >= 4 is 17.6 Å². The molecule has 18 heavy (non-hydrogen) atoms. The van der Waals surface area contributed by atoms with Gasteiger partial charge in [-0.2, -0.15) is 0 Å². The number of carbonyl (C=O) groups is 1. The largest absolute Gasteiger partial charge is 0.465 e. The molecular formula is C11H11FN4O2. The normalized spacial score (nSPS) is 19.6. The maximum atomic E-state index is 13.6. The van der Waals surface area contributed by atoms with Crippen molar-refractivity contribution in [2.75, 3.05) is 18.4 Å². The number of nitrogens with two attached hydrogens (primary N) is 1. The average Bonchev–Trinajstić information content (AvgIpc) is 2.24. The van der Waals surface area contributed by atoms with Crippen molar-refractivity contribution in [1.29, 1.82) is 0 Å². The Morgan fingerprint density at radius 2 is 2.28 bits per heavy atom. The highest BCUT2D eigenvalue weighted by atomic mass is 19.1. The van der Waals surface area contributed by atoms with Gasteiger partial charge in [-0.05, 0) is 12.1 Å². The van der Waals surface area contributed by atoms with Crippen LogP contribution in [-0.4, -0.2) is 40.7 Å². The van der Waals surface area contributed by atoms with E-state index in [4.69, 9.17) is 10.8 Å². The van der Waals surface area contributed by atoms with Crippen molar-refractivity contribution in [3.05, 3.63) is 29.6 Å². The van der Waals surface area contributed by atoms with Gasteiger partial charge < -0.3 is 16.2 Å². The molecule has 1 fully saturated rings. The van der Waals surface area contributed by atoms with E-state index in [2.05, 4.69) is 10.3 Å². The summed E-state index contributed by atoms with van der Waals surface area (Å²) in [5, 5.41) is 11.9. The predicted octanol–water partition coefficient (Wildman–Crippen LogP) is 0.646. The molecular weight excluding hydrogens is 239 g/mol. The lowest BCUT2D eigenvalue weighted by Gasteiger charge is -2.48. The minimum Gasteiger partial charge on any atom is -0.465 e. The number of rotatable bonds is 0. The van der Waals surface area contributed by atoms with Crippen LogP contribution in [0.4, 0.5) is 14.9 Å². The van der Waals surface area contributed by atoms with Crippen molar-refractivity contribution in [2.24, 2.45) is 10.7 Å². The van der Waals surface area contributed by atoms with E-state index >= 15 is 0 Å². The molecule has 0 unspecified atom stereocenters. The summed E-state index contributed by atoms with van der Waals surface area (Å²) >= 11 is 0. The molecule has 0 bridgehead atoms. The van der Waals surface area contributed by atoms with Crippen LogP contribution in [0, 0.1) is 5.82 Å². The Labute approximate surface area is 102 Å². The molecule has 7 heteroatoms. The van der Waals surface area contributed by atoms with Gasteiger partial charge >= 0.3 is 6.09 Å². The van der Waals surface area contributed by atoms with Crippen molar-refractivity contribution in [1.82, 2.24) is 4.90 Å². The van der Waals surface area contributed by atoms with Gasteiger partial charge in [0.2, 0.25) is 0 Å². The quantitative estimate of drug-likeness (QED) is 0.630. The van der Waals surface area contributed by atoms with E-state index in [9.17, 15) is 9.18 Å². The Morgan fingerprint density at radius 3 is 2.94 bits per heavy atom. The lowest BCUT2D eigenvalue weighted by atomic mass is 9.97. The molecule has 1 aromatic rings. The molecule has 6 nitrogen and oxygen atoms in total. The van der Waals surface area contributed by atoms with Crippen molar-refractivity contribution in [2.45, 2.75) is 5.66 Å². The van der Waals surface area contributed by atoms with Gasteiger partial charge in [0.1, 0.15) is 11.7 Å². The summed E-state index contributed by atoms with van der Waals surface area (Å²) in [6, 6.07) is 4.58. The van der Waals surface area contributed by atoms with Crippen LogP contribution in [-0.2, 0) is 0 Å². The van der Waals surface area contributed by atoms with Crippen LogP contribution >= 0.6 is 0 Å². The summed E-state index contributed by atoms with van der Waals surface area (Å²) in [4.78, 5) is 16.2. The smallest absolute Gasteiger partial charge is 0.407 e. The van der Waals surface area contributed by atoms with Gasteiger partial charge in [0.05, 0.1) is 18.7 Å². The molecule has 1 saturated heterocycles. The van der Waals surface area contributed by atoms with Crippen LogP contribution in [0.3, 0.4) is 0 Å². The van der Waals surface area contributed by atoms with E-state index in [-0.39, 0.29) is 24.5 Å². The number of hydrogen-bond acceptors (Lipinski definition) is 4. The number of halogens is 1. The SMILES string of the molecule is NC1=NC2(CN(C(=O)O)C2)Nc2cccc(F)c21. The highest BCUT2D eigenvalue weighted by Crippen LogP contribution is 2.34. The standard InChI is InChI=1S/C11H11FN4O2/c12-6-2-1-3-7-8(6)9(13)15-11(14-7)4-16(5-11)10(17)18/h1-3,14H,4-5H2,(H2,13,15)(H,17,18). The molecule has 0 radical (unpaired) electrons. The van der Waals surface area contributed by atoms with Crippen LogP contribution in [0.15, 0.2) is 23.2 Å². The number of amides is 1. The van der Waals surface area contributed by atoms with E-state index in [0.29, 0.717) is 5.69 Å². The molecule has 0 aromatic heterocycles. The molecule has 0 saturated carbocycles. The number of likely N-dealkylation sites (tertiary alicyclic amines) is 1. The zero-order chi connectivity index (χ0) is 12.9. The molecule has 1 amide bonds. The summed E-state index contributed by atoms with van der Waals surface area (Å²) < 4.78 is 13.6. The summed E-state index contributed by atoms with van der Waals surface area (Å²) in [6.45, 7) is 0.415. The molecule has 2 aliphatic rings. The van der Waals surface area contributed by atoms with Crippen LogP contribution in [0.1, 0.15) is 5.56 Å². The van der Waals surface area contributed by atoms with Gasteiger partial charge in [-0.1, -0.05) is 6.07 Å². The van der Waals surface area contributed by atoms with E-state index in [1.54, 1.807) is 12.1 Å². The summed E-state index contributed by atoms with van der Waals surface area (Å²) in [5.41, 5.74) is 5.81. The third-order valence-corrected chi connectivity index (χ3v) is 3.15. The summed E-state index contributed by atoms with van der Waals surface area (Å²) in [7, 11) is 0. The zero-order valence-corrected chi connectivity index (χ0v) is 9.35. The third-order valence-electron chi connectivity index (χ3n) is 3.15. The van der Waals surface area contributed by atoms with Crippen LogP contribution < -0.4 is 11.1 Å². The fraction of sp³-hybridized carbons (Fsp3) is 0.273. The number of carboxylic acid groups (broad SMARTS) is 1. The van der Waals surface area contributed by atoms with E-state index in [1.165, 1.54) is 11.0 Å². The van der Waals surface area contributed by atoms with Crippen LogP contribution in [0.5, 0.6) is 0 Å². The van der Waals surface area contributed by atoms with Crippen molar-refractivity contribution in [3.63, 3.8) is 0 Å². The Hall–Kier alpha value is -2.31. The maximum Gasteiger partial charge on any atom is 0.407 e. The minimum atomic E-state index is -0.999. The molecule has 3 rings (SSSR count). The van der Waals surface area contributed by atoms with Crippen molar-refractivity contribution < 1.29 is 14.3 Å². The molecule has 1 aromatic carbocycles. The number of fused-ring (bicyclic) bond motifs is 1. The lowest BCUT2D eigenvalue weighted by Crippen LogP contribution is -2.67. The number of hydrogen-bond donors (Lipinski definition) is 3. The first-order valence-corrected chi connectivity index (χ1v) is 5.41. The Balaban J connectivity index is 1.94. The van der Waals surface area contributed by atoms with E-state index in [1.807, 2.05) is 0 Å². The second-order valence-corrected chi connectivity index (χ2v) is 4.45. The topological polar surface area (TPSA) is 91.0 Å². The minimum absolute atomic E-state index is 0.104. The second-order valence-electron chi connectivity index (χ2n) is 4.45. The number of nitrogens with one attached hydrogen (secondary N) is 1. The average molecular weight is 250 g/mol. The molecule has 1 spiro atoms. The molecule has 4 N–H and O–H groups in total. The van der Waals surface area contributed by atoms with Crippen molar-refractivity contribution in [3.8, 4) is 0 Å². The molecule has 2 aliphatic heterocycles. The summed E-state index contributed by atoms with van der Waals surface area (Å²) in [5.74, 6) is -0.336. The van der Waals surface area contributed by atoms with Gasteiger partial charge in [0.15, 0.2) is 5.66 Å².